The Kier molecular flexibility index (Phi) is 7.34. The Hall–Kier alpha value is -2.45. The number of carbonyl (C=O) groups excluding carboxylic acids is 3. The lowest BCUT2D eigenvalue weighted by Gasteiger charge is -2.42. The summed E-state index contributed by atoms with van der Waals surface area (Å²) in [7, 11) is 0. The number of hydrazine groups is 1. The first-order chi connectivity index (χ1) is 16.0. The van der Waals surface area contributed by atoms with Gasteiger partial charge >= 0.3 is 0 Å². The number of rotatable bonds is 6. The molecule has 33 heavy (non-hydrogen) atoms. The van der Waals surface area contributed by atoms with Gasteiger partial charge < -0.3 is 14.7 Å². The Morgan fingerprint density at radius 2 is 1.61 bits per heavy atom. The molecule has 3 aliphatic rings. The lowest BCUT2D eigenvalue weighted by molar-refractivity contribution is -0.146. The molecular weight excluding hydrogens is 418 g/mol. The van der Waals surface area contributed by atoms with Crippen LogP contribution in [0, 0.1) is 17.8 Å². The Bertz CT molecular complexity index is 851. The van der Waals surface area contributed by atoms with E-state index in [0.717, 1.165) is 25.1 Å². The Morgan fingerprint density at radius 3 is 2.21 bits per heavy atom. The van der Waals surface area contributed by atoms with Crippen molar-refractivity contribution in [2.75, 3.05) is 50.8 Å². The van der Waals surface area contributed by atoms with Crippen molar-refractivity contribution in [3.05, 3.63) is 30.3 Å². The van der Waals surface area contributed by atoms with E-state index in [1.165, 1.54) is 0 Å². The zero-order valence-electron chi connectivity index (χ0n) is 20.1. The number of fused-ring (bicyclic) bond motifs is 1. The summed E-state index contributed by atoms with van der Waals surface area (Å²) in [6.45, 7) is 10.6. The zero-order chi connectivity index (χ0) is 23.5. The molecule has 0 aliphatic carbocycles. The van der Waals surface area contributed by atoms with Crippen LogP contribution in [0.3, 0.4) is 0 Å². The molecule has 180 valence electrons. The highest BCUT2D eigenvalue weighted by atomic mass is 16.2. The molecule has 0 bridgehead atoms. The maximum atomic E-state index is 13.7. The molecule has 3 atom stereocenters. The smallest absolute Gasteiger partial charge is 0.247 e. The van der Waals surface area contributed by atoms with E-state index in [-0.39, 0.29) is 41.5 Å². The molecule has 1 N–H and O–H groups in total. The summed E-state index contributed by atoms with van der Waals surface area (Å²) in [5.41, 5.74) is 4.18. The van der Waals surface area contributed by atoms with E-state index in [9.17, 15) is 14.4 Å². The van der Waals surface area contributed by atoms with E-state index in [2.05, 4.69) is 31.1 Å². The van der Waals surface area contributed by atoms with Crippen molar-refractivity contribution in [2.24, 2.45) is 17.8 Å². The lowest BCUT2D eigenvalue weighted by Crippen LogP contribution is -2.60. The average molecular weight is 456 g/mol. The summed E-state index contributed by atoms with van der Waals surface area (Å²) in [5, 5.41) is 1.63. The second kappa shape index (κ2) is 10.2. The molecule has 3 aliphatic heterocycles. The van der Waals surface area contributed by atoms with E-state index < -0.39 is 0 Å². The standard InChI is InChI=1S/C25H37N5O3/c1-4-18(5-2)23(31)28-12-14-29(15-13-28)24(32)20-16-27(6-3)17-21-22(20)26-30(25(21)33)19-10-8-7-9-11-19/h7-11,18,20-22,26H,4-6,12-17H2,1-3H3. The summed E-state index contributed by atoms with van der Waals surface area (Å²) in [6.07, 6.45) is 1.70. The number of carbonyl (C=O) groups is 3. The largest absolute Gasteiger partial charge is 0.339 e. The molecule has 4 rings (SSSR count). The van der Waals surface area contributed by atoms with Crippen molar-refractivity contribution in [1.82, 2.24) is 20.1 Å². The van der Waals surface area contributed by atoms with Crippen LogP contribution in [0.15, 0.2) is 30.3 Å². The second-order valence-electron chi connectivity index (χ2n) is 9.39. The molecule has 1 aromatic rings. The van der Waals surface area contributed by atoms with Gasteiger partial charge in [0.15, 0.2) is 0 Å². The molecule has 3 fully saturated rings. The van der Waals surface area contributed by atoms with Crippen LogP contribution < -0.4 is 10.4 Å². The van der Waals surface area contributed by atoms with Gasteiger partial charge in [-0.2, -0.15) is 0 Å². The van der Waals surface area contributed by atoms with Gasteiger partial charge in [0, 0.05) is 45.2 Å². The fourth-order valence-corrected chi connectivity index (χ4v) is 5.48. The van der Waals surface area contributed by atoms with Crippen molar-refractivity contribution >= 4 is 23.4 Å². The highest BCUT2D eigenvalue weighted by Gasteiger charge is 2.51. The summed E-state index contributed by atoms with van der Waals surface area (Å²) in [5.74, 6) is -0.130. The van der Waals surface area contributed by atoms with Crippen molar-refractivity contribution in [3.8, 4) is 0 Å². The topological polar surface area (TPSA) is 76.2 Å². The third kappa shape index (κ3) is 4.64. The predicted octanol–water partition coefficient (Wildman–Crippen LogP) is 1.58. The number of benzene rings is 1. The normalized spacial score (nSPS) is 26.1. The molecule has 3 heterocycles. The molecule has 0 saturated carbocycles. The predicted molar refractivity (Wildman–Crippen MR) is 127 cm³/mol. The Labute approximate surface area is 196 Å². The molecule has 0 aromatic heterocycles. The van der Waals surface area contributed by atoms with E-state index >= 15 is 0 Å². The molecule has 3 saturated heterocycles. The van der Waals surface area contributed by atoms with Gasteiger partial charge in [-0.1, -0.05) is 39.0 Å². The Balaban J connectivity index is 1.46. The van der Waals surface area contributed by atoms with Gasteiger partial charge in [0.05, 0.1) is 23.6 Å². The molecule has 3 amide bonds. The zero-order valence-corrected chi connectivity index (χ0v) is 20.1. The quantitative estimate of drug-likeness (QED) is 0.705. The number of amides is 3. The minimum absolute atomic E-state index is 0.0303. The van der Waals surface area contributed by atoms with Crippen LogP contribution in [-0.2, 0) is 14.4 Å². The number of hydrogen-bond acceptors (Lipinski definition) is 5. The molecule has 0 spiro atoms. The van der Waals surface area contributed by atoms with Gasteiger partial charge in [0.1, 0.15) is 0 Å². The van der Waals surface area contributed by atoms with Crippen LogP contribution in [0.5, 0.6) is 0 Å². The molecule has 8 nitrogen and oxygen atoms in total. The van der Waals surface area contributed by atoms with Gasteiger partial charge in [0.2, 0.25) is 17.7 Å². The molecule has 0 radical (unpaired) electrons. The third-order valence-corrected chi connectivity index (χ3v) is 7.61. The number of para-hydroxylation sites is 1. The lowest BCUT2D eigenvalue weighted by atomic mass is 9.83. The minimum Gasteiger partial charge on any atom is -0.339 e. The highest BCUT2D eigenvalue weighted by Crippen LogP contribution is 2.32. The average Bonchev–Trinajstić information content (AvgIpc) is 3.20. The molecule has 8 heteroatoms. The van der Waals surface area contributed by atoms with Crippen molar-refractivity contribution < 1.29 is 14.4 Å². The molecular formula is C25H37N5O3. The van der Waals surface area contributed by atoms with E-state index in [1.807, 2.05) is 40.1 Å². The maximum absolute atomic E-state index is 13.7. The van der Waals surface area contributed by atoms with E-state index in [4.69, 9.17) is 0 Å². The second-order valence-corrected chi connectivity index (χ2v) is 9.39. The van der Waals surface area contributed by atoms with Gasteiger partial charge in [-0.05, 0) is 31.5 Å². The number of nitrogens with zero attached hydrogens (tertiary/aromatic N) is 4. The number of hydrogen-bond donors (Lipinski definition) is 1. The number of anilines is 1. The number of piperazine rings is 1. The van der Waals surface area contributed by atoms with Crippen LogP contribution in [0.25, 0.3) is 0 Å². The third-order valence-electron chi connectivity index (χ3n) is 7.61. The van der Waals surface area contributed by atoms with Gasteiger partial charge in [-0.25, -0.2) is 10.4 Å². The van der Waals surface area contributed by atoms with E-state index in [1.54, 1.807) is 5.01 Å². The van der Waals surface area contributed by atoms with Gasteiger partial charge in [0.25, 0.3) is 0 Å². The van der Waals surface area contributed by atoms with Crippen LogP contribution in [0.2, 0.25) is 0 Å². The van der Waals surface area contributed by atoms with Crippen LogP contribution in [-0.4, -0.2) is 84.3 Å². The van der Waals surface area contributed by atoms with Crippen molar-refractivity contribution in [3.63, 3.8) is 0 Å². The SMILES string of the molecule is CCC(CC)C(=O)N1CCN(C(=O)C2CN(CC)CC3C(=O)N(c4ccccc4)NC23)CC1. The first-order valence-corrected chi connectivity index (χ1v) is 12.4. The first kappa shape index (κ1) is 23.7. The highest BCUT2D eigenvalue weighted by molar-refractivity contribution is 5.98. The fourth-order valence-electron chi connectivity index (χ4n) is 5.48. The number of nitrogens with one attached hydrogen (secondary N) is 1. The number of piperidine rings is 1. The molecule has 3 unspecified atom stereocenters. The summed E-state index contributed by atoms with van der Waals surface area (Å²) < 4.78 is 0. The summed E-state index contributed by atoms with van der Waals surface area (Å²) in [6, 6.07) is 9.36. The Morgan fingerprint density at radius 1 is 0.970 bits per heavy atom. The number of likely N-dealkylation sites (tertiary alicyclic amines) is 1. The monoisotopic (exact) mass is 455 g/mol. The van der Waals surface area contributed by atoms with Crippen LogP contribution >= 0.6 is 0 Å². The van der Waals surface area contributed by atoms with Crippen molar-refractivity contribution in [1.29, 1.82) is 0 Å². The fraction of sp³-hybridized carbons (Fsp3) is 0.640. The first-order valence-electron chi connectivity index (χ1n) is 12.4. The van der Waals surface area contributed by atoms with Gasteiger partial charge in [-0.15, -0.1) is 0 Å². The molecule has 1 aromatic carbocycles. The van der Waals surface area contributed by atoms with Crippen LogP contribution in [0.1, 0.15) is 33.6 Å². The summed E-state index contributed by atoms with van der Waals surface area (Å²) >= 11 is 0. The maximum Gasteiger partial charge on any atom is 0.247 e. The van der Waals surface area contributed by atoms with Gasteiger partial charge in [-0.3, -0.25) is 14.4 Å². The van der Waals surface area contributed by atoms with E-state index in [0.29, 0.717) is 39.3 Å². The minimum atomic E-state index is -0.289. The summed E-state index contributed by atoms with van der Waals surface area (Å²) in [4.78, 5) is 45.7. The van der Waals surface area contributed by atoms with Crippen LogP contribution in [0.4, 0.5) is 5.69 Å². The van der Waals surface area contributed by atoms with Crippen molar-refractivity contribution in [2.45, 2.75) is 39.7 Å².